The molecule has 0 spiro atoms. The zero-order valence-corrected chi connectivity index (χ0v) is 10.9. The first kappa shape index (κ1) is 16.0. The number of carbonyl (C=O) groups is 2. The minimum atomic E-state index is -1.34. The molecule has 4 nitrogen and oxygen atoms in total. The summed E-state index contributed by atoms with van der Waals surface area (Å²) in [6.07, 6.45) is 0. The second-order valence-corrected chi connectivity index (χ2v) is 4.64. The maximum Gasteiger partial charge on any atom is 0.308 e. The van der Waals surface area contributed by atoms with Crippen molar-refractivity contribution in [1.82, 2.24) is 5.32 Å². The van der Waals surface area contributed by atoms with Crippen LogP contribution in [-0.2, 0) is 4.79 Å². The van der Waals surface area contributed by atoms with Crippen LogP contribution in [0.1, 0.15) is 24.2 Å². The molecule has 1 aromatic rings. The lowest BCUT2D eigenvalue weighted by molar-refractivity contribution is -0.142. The normalized spacial score (nSPS) is 12.3. The van der Waals surface area contributed by atoms with Crippen LogP contribution < -0.4 is 5.32 Å². The molecule has 0 fully saturated rings. The molecule has 20 heavy (non-hydrogen) atoms. The molecular formula is C13H14F3NO3. The second kappa shape index (κ2) is 6.40. The highest BCUT2D eigenvalue weighted by Crippen LogP contribution is 2.15. The molecule has 1 aromatic carbocycles. The minimum absolute atomic E-state index is 0.268. The SMILES string of the molecule is CC(C)C(CNC(=O)c1c(F)cc(F)cc1F)C(=O)O. The van der Waals surface area contributed by atoms with Gasteiger partial charge in [-0.15, -0.1) is 0 Å². The lowest BCUT2D eigenvalue weighted by Crippen LogP contribution is -2.36. The van der Waals surface area contributed by atoms with Crippen molar-refractivity contribution in [2.45, 2.75) is 13.8 Å². The fraction of sp³-hybridized carbons (Fsp3) is 0.385. The number of rotatable bonds is 5. The molecule has 110 valence electrons. The standard InChI is InChI=1S/C13H14F3NO3/c1-6(2)8(13(19)20)5-17-12(18)11-9(15)3-7(14)4-10(11)16/h3-4,6,8H,5H2,1-2H3,(H,17,18)(H,19,20). The Hall–Kier alpha value is -2.05. The Bertz CT molecular complexity index is 509. The lowest BCUT2D eigenvalue weighted by Gasteiger charge is -2.17. The van der Waals surface area contributed by atoms with Crippen LogP contribution in [0, 0.1) is 29.3 Å². The predicted octanol–water partition coefficient (Wildman–Crippen LogP) is 2.19. The third-order valence-corrected chi connectivity index (χ3v) is 2.84. The van der Waals surface area contributed by atoms with Crippen LogP contribution in [0.3, 0.4) is 0 Å². The number of hydrogen-bond acceptors (Lipinski definition) is 2. The maximum atomic E-state index is 13.3. The predicted molar refractivity (Wildman–Crippen MR) is 64.6 cm³/mol. The molecule has 0 aliphatic heterocycles. The molecule has 1 rings (SSSR count). The van der Waals surface area contributed by atoms with E-state index in [1.54, 1.807) is 13.8 Å². The third kappa shape index (κ3) is 3.72. The Morgan fingerprint density at radius 1 is 1.20 bits per heavy atom. The molecule has 0 radical (unpaired) electrons. The largest absolute Gasteiger partial charge is 0.481 e. The first-order chi connectivity index (χ1) is 9.23. The first-order valence-corrected chi connectivity index (χ1v) is 5.89. The van der Waals surface area contributed by atoms with E-state index in [0.717, 1.165) is 0 Å². The van der Waals surface area contributed by atoms with Crippen molar-refractivity contribution in [3.8, 4) is 0 Å². The first-order valence-electron chi connectivity index (χ1n) is 5.89. The van der Waals surface area contributed by atoms with Gasteiger partial charge in [0.1, 0.15) is 23.0 Å². The molecule has 0 saturated heterocycles. The molecule has 1 unspecified atom stereocenters. The Morgan fingerprint density at radius 2 is 1.70 bits per heavy atom. The summed E-state index contributed by atoms with van der Waals surface area (Å²) < 4.78 is 39.4. The minimum Gasteiger partial charge on any atom is -0.481 e. The molecule has 7 heteroatoms. The van der Waals surface area contributed by atoms with Crippen molar-refractivity contribution in [3.63, 3.8) is 0 Å². The van der Waals surface area contributed by atoms with Gasteiger partial charge in [0, 0.05) is 18.7 Å². The molecule has 0 heterocycles. The van der Waals surface area contributed by atoms with Crippen LogP contribution in [0.2, 0.25) is 0 Å². The zero-order chi connectivity index (χ0) is 15.4. The van der Waals surface area contributed by atoms with Gasteiger partial charge in [0.2, 0.25) is 0 Å². The van der Waals surface area contributed by atoms with Crippen molar-refractivity contribution in [1.29, 1.82) is 0 Å². The average molecular weight is 289 g/mol. The van der Waals surface area contributed by atoms with Crippen molar-refractivity contribution in [3.05, 3.63) is 35.1 Å². The second-order valence-electron chi connectivity index (χ2n) is 4.64. The van der Waals surface area contributed by atoms with Gasteiger partial charge in [-0.05, 0) is 5.92 Å². The van der Waals surface area contributed by atoms with Crippen molar-refractivity contribution in [2.75, 3.05) is 6.54 Å². The van der Waals surface area contributed by atoms with Crippen LogP contribution in [-0.4, -0.2) is 23.5 Å². The van der Waals surface area contributed by atoms with Gasteiger partial charge in [-0.1, -0.05) is 13.8 Å². The number of hydrogen-bond donors (Lipinski definition) is 2. The van der Waals surface area contributed by atoms with E-state index in [2.05, 4.69) is 5.32 Å². The average Bonchev–Trinajstić information content (AvgIpc) is 2.26. The fourth-order valence-electron chi connectivity index (χ4n) is 1.66. The molecule has 0 saturated carbocycles. The Balaban J connectivity index is 2.85. The number of carboxylic acid groups (broad SMARTS) is 1. The van der Waals surface area contributed by atoms with Crippen LogP contribution >= 0.6 is 0 Å². The molecule has 1 atom stereocenters. The Morgan fingerprint density at radius 3 is 2.10 bits per heavy atom. The summed E-state index contributed by atoms with van der Waals surface area (Å²) in [5.74, 6) is -7.21. The summed E-state index contributed by atoms with van der Waals surface area (Å²) in [5.41, 5.74) is -0.931. The van der Waals surface area contributed by atoms with Gasteiger partial charge in [0.05, 0.1) is 5.92 Å². The number of halogens is 3. The van der Waals surface area contributed by atoms with Crippen molar-refractivity contribution in [2.24, 2.45) is 11.8 Å². The summed E-state index contributed by atoms with van der Waals surface area (Å²) in [4.78, 5) is 22.6. The monoisotopic (exact) mass is 289 g/mol. The topological polar surface area (TPSA) is 66.4 Å². The maximum absolute atomic E-state index is 13.3. The number of aliphatic carboxylic acids is 1. The Labute approximate surface area is 113 Å². The van der Waals surface area contributed by atoms with E-state index in [1.807, 2.05) is 0 Å². The fourth-order valence-corrected chi connectivity index (χ4v) is 1.66. The smallest absolute Gasteiger partial charge is 0.308 e. The molecule has 1 amide bonds. The van der Waals surface area contributed by atoms with Crippen molar-refractivity contribution < 1.29 is 27.9 Å². The van der Waals surface area contributed by atoms with Gasteiger partial charge in [-0.25, -0.2) is 13.2 Å². The number of benzene rings is 1. The molecular weight excluding hydrogens is 275 g/mol. The highest BCUT2D eigenvalue weighted by molar-refractivity contribution is 5.95. The highest BCUT2D eigenvalue weighted by atomic mass is 19.1. The lowest BCUT2D eigenvalue weighted by atomic mass is 9.96. The van der Waals surface area contributed by atoms with Gasteiger partial charge in [-0.3, -0.25) is 9.59 Å². The Kier molecular flexibility index (Phi) is 5.12. The molecule has 0 aromatic heterocycles. The van der Waals surface area contributed by atoms with E-state index < -0.39 is 40.8 Å². The van der Waals surface area contributed by atoms with E-state index in [-0.39, 0.29) is 12.5 Å². The van der Waals surface area contributed by atoms with Gasteiger partial charge in [0.25, 0.3) is 5.91 Å². The highest BCUT2D eigenvalue weighted by Gasteiger charge is 2.24. The number of carboxylic acids is 1. The number of nitrogens with one attached hydrogen (secondary N) is 1. The molecule has 0 aliphatic carbocycles. The summed E-state index contributed by atoms with van der Waals surface area (Å²) >= 11 is 0. The van der Waals surface area contributed by atoms with Crippen LogP contribution in [0.5, 0.6) is 0 Å². The molecule has 0 aliphatic rings. The van der Waals surface area contributed by atoms with Crippen molar-refractivity contribution >= 4 is 11.9 Å². The van der Waals surface area contributed by atoms with Crippen LogP contribution in [0.15, 0.2) is 12.1 Å². The van der Waals surface area contributed by atoms with E-state index >= 15 is 0 Å². The van der Waals surface area contributed by atoms with E-state index in [1.165, 1.54) is 0 Å². The van der Waals surface area contributed by atoms with Gasteiger partial charge in [-0.2, -0.15) is 0 Å². The molecule has 2 N–H and O–H groups in total. The van der Waals surface area contributed by atoms with Gasteiger partial charge < -0.3 is 10.4 Å². The summed E-state index contributed by atoms with van der Waals surface area (Å²) in [6.45, 7) is 3.01. The summed E-state index contributed by atoms with van der Waals surface area (Å²) in [6, 6.07) is 0.768. The number of amides is 1. The van der Waals surface area contributed by atoms with Gasteiger partial charge >= 0.3 is 5.97 Å². The van der Waals surface area contributed by atoms with Gasteiger partial charge in [0.15, 0.2) is 0 Å². The van der Waals surface area contributed by atoms with Crippen LogP contribution in [0.4, 0.5) is 13.2 Å². The molecule has 0 bridgehead atoms. The van der Waals surface area contributed by atoms with E-state index in [4.69, 9.17) is 5.11 Å². The quantitative estimate of drug-likeness (QED) is 0.873. The van der Waals surface area contributed by atoms with Crippen LogP contribution in [0.25, 0.3) is 0 Å². The zero-order valence-electron chi connectivity index (χ0n) is 10.9. The third-order valence-electron chi connectivity index (χ3n) is 2.84. The summed E-state index contributed by atoms with van der Waals surface area (Å²) in [7, 11) is 0. The van der Waals surface area contributed by atoms with E-state index in [0.29, 0.717) is 12.1 Å². The van der Waals surface area contributed by atoms with E-state index in [9.17, 15) is 22.8 Å². The summed E-state index contributed by atoms with van der Waals surface area (Å²) in [5, 5.41) is 11.1. The number of carbonyl (C=O) groups excluding carboxylic acids is 1.